The number of hydrogen-bond donors (Lipinski definition) is 0. The number of thioether (sulfide) groups is 1. The molecule has 4 heteroatoms. The quantitative estimate of drug-likeness (QED) is 0.780. The summed E-state index contributed by atoms with van der Waals surface area (Å²) in [6, 6.07) is 1.73. The van der Waals surface area contributed by atoms with Crippen LogP contribution in [0.15, 0.2) is 21.2 Å². The first kappa shape index (κ1) is 10.9. The molecular formula is C9H11BrO2S. The summed E-state index contributed by atoms with van der Waals surface area (Å²) in [7, 11) is 0. The lowest BCUT2D eigenvalue weighted by Crippen LogP contribution is -2.04. The van der Waals surface area contributed by atoms with Crippen LogP contribution < -0.4 is 0 Å². The number of carbonyl (C=O) groups is 1. The Hall–Kier alpha value is -0.220. The monoisotopic (exact) mass is 262 g/mol. The van der Waals surface area contributed by atoms with Gasteiger partial charge in [0.05, 0.1) is 16.5 Å². The molecule has 72 valence electrons. The molecule has 0 N–H and O–H groups in total. The zero-order valence-corrected chi connectivity index (χ0v) is 9.94. The average Bonchev–Trinajstić information content (AvgIpc) is 2.47. The fourth-order valence-electron chi connectivity index (χ4n) is 0.801. The predicted molar refractivity (Wildman–Crippen MR) is 58.3 cm³/mol. The topological polar surface area (TPSA) is 30.2 Å². The van der Waals surface area contributed by atoms with E-state index >= 15 is 0 Å². The van der Waals surface area contributed by atoms with Crippen molar-refractivity contribution in [1.82, 2.24) is 0 Å². The fraction of sp³-hybridized carbons (Fsp3) is 0.444. The van der Waals surface area contributed by atoms with Crippen molar-refractivity contribution in [3.8, 4) is 0 Å². The molecule has 0 saturated carbocycles. The molecule has 13 heavy (non-hydrogen) atoms. The van der Waals surface area contributed by atoms with Gasteiger partial charge in [0.15, 0.2) is 5.76 Å². The number of hydrogen-bond acceptors (Lipinski definition) is 3. The summed E-state index contributed by atoms with van der Waals surface area (Å²) in [5.41, 5.74) is 0. The molecule has 0 aliphatic rings. The van der Waals surface area contributed by atoms with Gasteiger partial charge < -0.3 is 4.42 Å². The van der Waals surface area contributed by atoms with E-state index in [1.165, 1.54) is 6.26 Å². The smallest absolute Gasteiger partial charge is 0.209 e. The van der Waals surface area contributed by atoms with Gasteiger partial charge >= 0.3 is 0 Å². The molecule has 0 aliphatic carbocycles. The van der Waals surface area contributed by atoms with Gasteiger partial charge in [-0.25, -0.2) is 0 Å². The molecular weight excluding hydrogens is 252 g/mol. The van der Waals surface area contributed by atoms with Gasteiger partial charge in [0.25, 0.3) is 0 Å². The molecule has 1 rings (SSSR count). The van der Waals surface area contributed by atoms with Crippen LogP contribution in [0.1, 0.15) is 24.4 Å². The standard InChI is InChI=1S/C9H11BrO2S/c1-6(2)13-5-8(11)9-7(10)3-4-12-9/h3-4,6H,5H2,1-2H3. The van der Waals surface area contributed by atoms with E-state index in [1.54, 1.807) is 17.8 Å². The fourth-order valence-corrected chi connectivity index (χ4v) is 1.84. The average molecular weight is 263 g/mol. The second kappa shape index (κ2) is 4.86. The molecule has 0 bridgehead atoms. The van der Waals surface area contributed by atoms with Crippen molar-refractivity contribution in [3.05, 3.63) is 22.6 Å². The lowest BCUT2D eigenvalue weighted by molar-refractivity contribution is 0.0991. The van der Waals surface area contributed by atoms with E-state index in [0.29, 0.717) is 16.8 Å². The van der Waals surface area contributed by atoms with E-state index in [9.17, 15) is 4.79 Å². The Morgan fingerprint density at radius 1 is 1.69 bits per heavy atom. The Morgan fingerprint density at radius 2 is 2.38 bits per heavy atom. The highest BCUT2D eigenvalue weighted by atomic mass is 79.9. The molecule has 0 spiro atoms. The lowest BCUT2D eigenvalue weighted by Gasteiger charge is -2.01. The number of rotatable bonds is 4. The predicted octanol–water partition coefficient (Wildman–Crippen LogP) is 3.37. The van der Waals surface area contributed by atoms with Crippen LogP contribution in [-0.4, -0.2) is 16.8 Å². The van der Waals surface area contributed by atoms with Gasteiger partial charge in [-0.15, -0.1) is 0 Å². The third kappa shape index (κ3) is 3.19. The van der Waals surface area contributed by atoms with Crippen molar-refractivity contribution in [2.75, 3.05) is 5.75 Å². The lowest BCUT2D eigenvalue weighted by atomic mass is 10.3. The van der Waals surface area contributed by atoms with Gasteiger partial charge in [-0.3, -0.25) is 4.79 Å². The van der Waals surface area contributed by atoms with Gasteiger partial charge in [0.2, 0.25) is 5.78 Å². The van der Waals surface area contributed by atoms with E-state index in [1.807, 2.05) is 0 Å². The second-order valence-corrected chi connectivity index (χ2v) is 5.30. The first-order valence-corrected chi connectivity index (χ1v) is 5.83. The van der Waals surface area contributed by atoms with Gasteiger partial charge in [0.1, 0.15) is 0 Å². The van der Waals surface area contributed by atoms with Crippen LogP contribution in [0.5, 0.6) is 0 Å². The van der Waals surface area contributed by atoms with Crippen LogP contribution in [0.3, 0.4) is 0 Å². The first-order valence-electron chi connectivity index (χ1n) is 3.99. The zero-order chi connectivity index (χ0) is 9.84. The van der Waals surface area contributed by atoms with Crippen molar-refractivity contribution in [3.63, 3.8) is 0 Å². The van der Waals surface area contributed by atoms with Crippen LogP contribution >= 0.6 is 27.7 Å². The Balaban J connectivity index is 2.54. The van der Waals surface area contributed by atoms with Crippen molar-refractivity contribution in [2.24, 2.45) is 0 Å². The van der Waals surface area contributed by atoms with Crippen LogP contribution in [0.4, 0.5) is 0 Å². The van der Waals surface area contributed by atoms with Gasteiger partial charge in [-0.05, 0) is 27.2 Å². The summed E-state index contributed by atoms with van der Waals surface area (Å²) >= 11 is 4.87. The van der Waals surface area contributed by atoms with E-state index in [-0.39, 0.29) is 5.78 Å². The van der Waals surface area contributed by atoms with E-state index in [4.69, 9.17) is 4.42 Å². The van der Waals surface area contributed by atoms with Gasteiger partial charge in [-0.1, -0.05) is 13.8 Å². The van der Waals surface area contributed by atoms with Crippen molar-refractivity contribution < 1.29 is 9.21 Å². The minimum absolute atomic E-state index is 0.0376. The molecule has 0 amide bonds. The summed E-state index contributed by atoms with van der Waals surface area (Å²) < 4.78 is 5.79. The van der Waals surface area contributed by atoms with E-state index < -0.39 is 0 Å². The number of halogens is 1. The van der Waals surface area contributed by atoms with Crippen molar-refractivity contribution >= 4 is 33.5 Å². The van der Waals surface area contributed by atoms with Crippen molar-refractivity contribution in [2.45, 2.75) is 19.1 Å². The Labute approximate surface area is 90.2 Å². The summed E-state index contributed by atoms with van der Waals surface area (Å²) in [6.45, 7) is 4.13. The molecule has 0 unspecified atom stereocenters. The SMILES string of the molecule is CC(C)SCC(=O)c1occc1Br. The molecule has 2 nitrogen and oxygen atoms in total. The van der Waals surface area contributed by atoms with Gasteiger partial charge in [-0.2, -0.15) is 11.8 Å². The second-order valence-electron chi connectivity index (χ2n) is 2.88. The number of ketones is 1. The Bertz CT molecular complexity index is 294. The summed E-state index contributed by atoms with van der Waals surface area (Å²) in [5.74, 6) is 0.938. The maximum absolute atomic E-state index is 11.5. The first-order chi connectivity index (χ1) is 6.11. The van der Waals surface area contributed by atoms with E-state index in [2.05, 4.69) is 29.8 Å². The van der Waals surface area contributed by atoms with Crippen LogP contribution in [-0.2, 0) is 0 Å². The molecule has 0 aliphatic heterocycles. The minimum atomic E-state index is 0.0376. The van der Waals surface area contributed by atoms with Crippen LogP contribution in [0.25, 0.3) is 0 Å². The molecule has 0 fully saturated rings. The minimum Gasteiger partial charge on any atom is -0.460 e. The number of furan rings is 1. The number of carbonyl (C=O) groups excluding carboxylic acids is 1. The third-order valence-corrected chi connectivity index (χ3v) is 3.14. The van der Waals surface area contributed by atoms with Crippen molar-refractivity contribution in [1.29, 1.82) is 0 Å². The highest BCUT2D eigenvalue weighted by Crippen LogP contribution is 2.20. The molecule has 1 aromatic heterocycles. The number of Topliss-reactive ketones (excluding diaryl/α,β-unsaturated/α-hetero) is 1. The van der Waals surface area contributed by atoms with Gasteiger partial charge in [0, 0.05) is 0 Å². The Morgan fingerprint density at radius 3 is 2.85 bits per heavy atom. The normalized spacial score (nSPS) is 10.8. The molecule has 1 aromatic rings. The van der Waals surface area contributed by atoms with Crippen LogP contribution in [0, 0.1) is 0 Å². The highest BCUT2D eigenvalue weighted by molar-refractivity contribution is 9.10. The summed E-state index contributed by atoms with van der Waals surface area (Å²) in [6.07, 6.45) is 1.51. The molecule has 0 saturated heterocycles. The summed E-state index contributed by atoms with van der Waals surface area (Å²) in [4.78, 5) is 11.5. The molecule has 0 aromatic carbocycles. The maximum Gasteiger partial charge on any atom is 0.209 e. The molecule has 1 heterocycles. The largest absolute Gasteiger partial charge is 0.460 e. The van der Waals surface area contributed by atoms with Crippen LogP contribution in [0.2, 0.25) is 0 Å². The zero-order valence-electron chi connectivity index (χ0n) is 7.54. The molecule has 0 radical (unpaired) electrons. The Kier molecular flexibility index (Phi) is 4.06. The maximum atomic E-state index is 11.5. The van der Waals surface area contributed by atoms with E-state index in [0.717, 1.165) is 4.47 Å². The molecule has 0 atom stereocenters. The highest BCUT2D eigenvalue weighted by Gasteiger charge is 2.13. The summed E-state index contributed by atoms with van der Waals surface area (Å²) in [5, 5.41) is 0.470. The third-order valence-electron chi connectivity index (χ3n) is 1.42.